The minimum Gasteiger partial charge on any atom is -0.463 e. The average molecular weight is 364 g/mol. The van der Waals surface area contributed by atoms with E-state index in [0.717, 1.165) is 11.1 Å². The van der Waals surface area contributed by atoms with Crippen molar-refractivity contribution in [3.05, 3.63) is 83.6 Å². The zero-order valence-corrected chi connectivity index (χ0v) is 15.4. The summed E-state index contributed by atoms with van der Waals surface area (Å²) < 4.78 is 5.03. The lowest BCUT2D eigenvalue weighted by Crippen LogP contribution is -2.37. The third-order valence-electron chi connectivity index (χ3n) is 4.47. The standard InChI is InChI=1S/C22H24N2O3/c1-2-27-21(25)14-19-13-20(23-15-17-9-5-3-6-10-17)22(26)24(19)16-18-11-7-4-8-12-18/h3-12,14,20,23H,2,13,15-16H2,1H3/b19-14+. The minimum atomic E-state index is -0.415. The van der Waals surface area contributed by atoms with Crippen molar-refractivity contribution in [1.29, 1.82) is 0 Å². The van der Waals surface area contributed by atoms with Crippen molar-refractivity contribution >= 4 is 11.9 Å². The van der Waals surface area contributed by atoms with Crippen LogP contribution in [0.15, 0.2) is 72.4 Å². The number of ether oxygens (including phenoxy) is 1. The number of nitrogens with zero attached hydrogens (tertiary/aromatic N) is 1. The summed E-state index contributed by atoms with van der Waals surface area (Å²) in [5.74, 6) is -0.438. The molecule has 1 atom stereocenters. The number of amides is 1. The molecule has 0 saturated carbocycles. The van der Waals surface area contributed by atoms with E-state index in [1.807, 2.05) is 60.7 Å². The first-order chi connectivity index (χ1) is 13.2. The zero-order valence-electron chi connectivity index (χ0n) is 15.4. The molecular formula is C22H24N2O3. The van der Waals surface area contributed by atoms with Crippen LogP contribution < -0.4 is 5.32 Å². The molecule has 2 aromatic carbocycles. The molecule has 5 heteroatoms. The largest absolute Gasteiger partial charge is 0.463 e. The van der Waals surface area contributed by atoms with Gasteiger partial charge in [-0.05, 0) is 18.1 Å². The minimum absolute atomic E-state index is 0.0228. The highest BCUT2D eigenvalue weighted by atomic mass is 16.5. The van der Waals surface area contributed by atoms with E-state index in [1.54, 1.807) is 11.8 Å². The van der Waals surface area contributed by atoms with Gasteiger partial charge in [0.15, 0.2) is 0 Å². The summed E-state index contributed by atoms with van der Waals surface area (Å²) >= 11 is 0. The molecule has 1 aliphatic heterocycles. The van der Waals surface area contributed by atoms with Crippen LogP contribution in [-0.2, 0) is 27.4 Å². The van der Waals surface area contributed by atoms with E-state index in [9.17, 15) is 9.59 Å². The fourth-order valence-electron chi connectivity index (χ4n) is 3.13. The third-order valence-corrected chi connectivity index (χ3v) is 4.47. The Hall–Kier alpha value is -2.92. The lowest BCUT2D eigenvalue weighted by molar-refractivity contribution is -0.137. The van der Waals surface area contributed by atoms with E-state index < -0.39 is 5.97 Å². The highest BCUT2D eigenvalue weighted by Crippen LogP contribution is 2.26. The van der Waals surface area contributed by atoms with Crippen molar-refractivity contribution in [3.8, 4) is 0 Å². The first-order valence-corrected chi connectivity index (χ1v) is 9.17. The van der Waals surface area contributed by atoms with Crippen LogP contribution >= 0.6 is 0 Å². The molecule has 0 aliphatic carbocycles. The van der Waals surface area contributed by atoms with Crippen LogP contribution in [0.1, 0.15) is 24.5 Å². The van der Waals surface area contributed by atoms with Crippen LogP contribution in [0.5, 0.6) is 0 Å². The van der Waals surface area contributed by atoms with E-state index in [-0.39, 0.29) is 11.9 Å². The van der Waals surface area contributed by atoms with Gasteiger partial charge in [-0.1, -0.05) is 60.7 Å². The number of nitrogens with one attached hydrogen (secondary N) is 1. The molecule has 5 nitrogen and oxygen atoms in total. The maximum Gasteiger partial charge on any atom is 0.332 e. The van der Waals surface area contributed by atoms with Gasteiger partial charge in [0, 0.05) is 24.7 Å². The summed E-state index contributed by atoms with van der Waals surface area (Å²) in [6, 6.07) is 19.4. The number of hydrogen-bond donors (Lipinski definition) is 1. The van der Waals surface area contributed by atoms with E-state index in [2.05, 4.69) is 5.32 Å². The maximum absolute atomic E-state index is 13.0. The molecule has 0 bridgehead atoms. The average Bonchev–Trinajstić information content (AvgIpc) is 2.97. The van der Waals surface area contributed by atoms with Gasteiger partial charge in [0.2, 0.25) is 5.91 Å². The second kappa shape index (κ2) is 9.14. The highest BCUT2D eigenvalue weighted by Gasteiger charge is 2.35. The second-order valence-electron chi connectivity index (χ2n) is 6.42. The van der Waals surface area contributed by atoms with Gasteiger partial charge in [-0.2, -0.15) is 0 Å². The lowest BCUT2D eigenvalue weighted by atomic mass is 10.2. The first-order valence-electron chi connectivity index (χ1n) is 9.17. The molecule has 1 N–H and O–H groups in total. The van der Waals surface area contributed by atoms with Crippen molar-refractivity contribution in [2.24, 2.45) is 0 Å². The van der Waals surface area contributed by atoms with Crippen molar-refractivity contribution in [3.63, 3.8) is 0 Å². The monoisotopic (exact) mass is 364 g/mol. The summed E-state index contributed by atoms with van der Waals surface area (Å²) in [6.07, 6.45) is 1.91. The van der Waals surface area contributed by atoms with Gasteiger partial charge in [-0.15, -0.1) is 0 Å². The Bertz CT molecular complexity index is 803. The summed E-state index contributed by atoms with van der Waals surface area (Å²) in [4.78, 5) is 26.6. The molecule has 1 fully saturated rings. The highest BCUT2D eigenvalue weighted by molar-refractivity contribution is 5.90. The fraction of sp³-hybridized carbons (Fsp3) is 0.273. The van der Waals surface area contributed by atoms with Crippen molar-refractivity contribution in [2.45, 2.75) is 32.5 Å². The Morgan fingerprint density at radius 2 is 1.74 bits per heavy atom. The molecule has 140 valence electrons. The van der Waals surface area contributed by atoms with Crippen LogP contribution in [0.3, 0.4) is 0 Å². The van der Waals surface area contributed by atoms with E-state index >= 15 is 0 Å². The molecule has 1 heterocycles. The number of carbonyl (C=O) groups excluding carboxylic acids is 2. The predicted octanol–water partition coefficient (Wildman–Crippen LogP) is 3.02. The summed E-state index contributed by atoms with van der Waals surface area (Å²) in [7, 11) is 0. The Labute approximate surface area is 159 Å². The second-order valence-corrected chi connectivity index (χ2v) is 6.42. The van der Waals surface area contributed by atoms with Gasteiger partial charge in [0.25, 0.3) is 0 Å². The number of carbonyl (C=O) groups is 2. The quantitative estimate of drug-likeness (QED) is 0.606. The zero-order chi connectivity index (χ0) is 19.1. The van der Waals surface area contributed by atoms with E-state index in [1.165, 1.54) is 6.08 Å². The molecule has 27 heavy (non-hydrogen) atoms. The predicted molar refractivity (Wildman–Crippen MR) is 103 cm³/mol. The Balaban J connectivity index is 1.75. The molecule has 1 amide bonds. The maximum atomic E-state index is 13.0. The molecule has 3 rings (SSSR count). The SMILES string of the molecule is CCOC(=O)/C=C1\CC(NCc2ccccc2)C(=O)N1Cc1ccccc1. The van der Waals surface area contributed by atoms with Crippen LogP contribution in [0.4, 0.5) is 0 Å². The van der Waals surface area contributed by atoms with Crippen molar-refractivity contribution in [1.82, 2.24) is 10.2 Å². The van der Waals surface area contributed by atoms with Crippen LogP contribution in [0.2, 0.25) is 0 Å². The molecule has 1 aliphatic rings. The number of rotatable bonds is 7. The summed E-state index contributed by atoms with van der Waals surface area (Å²) in [5, 5.41) is 3.31. The van der Waals surface area contributed by atoms with Crippen LogP contribution in [0.25, 0.3) is 0 Å². The summed E-state index contributed by atoms with van der Waals surface area (Å²) in [6.45, 7) is 3.12. The number of likely N-dealkylation sites (tertiary alicyclic amines) is 1. The normalized spacial score (nSPS) is 18.1. The van der Waals surface area contributed by atoms with Crippen LogP contribution in [0, 0.1) is 0 Å². The first kappa shape index (κ1) is 18.9. The Kier molecular flexibility index (Phi) is 6.39. The number of benzene rings is 2. The van der Waals surface area contributed by atoms with Gasteiger partial charge < -0.3 is 15.0 Å². The smallest absolute Gasteiger partial charge is 0.332 e. The van der Waals surface area contributed by atoms with E-state index in [0.29, 0.717) is 31.8 Å². The molecule has 1 saturated heterocycles. The van der Waals surface area contributed by atoms with Crippen LogP contribution in [-0.4, -0.2) is 29.4 Å². The van der Waals surface area contributed by atoms with E-state index in [4.69, 9.17) is 4.74 Å². The van der Waals surface area contributed by atoms with Gasteiger partial charge in [-0.25, -0.2) is 4.79 Å². The van der Waals surface area contributed by atoms with Crippen molar-refractivity contribution < 1.29 is 14.3 Å². The fourth-order valence-corrected chi connectivity index (χ4v) is 3.13. The van der Waals surface area contributed by atoms with Crippen molar-refractivity contribution in [2.75, 3.05) is 6.61 Å². The molecule has 0 radical (unpaired) electrons. The lowest BCUT2D eigenvalue weighted by Gasteiger charge is -2.19. The molecular weight excluding hydrogens is 340 g/mol. The third kappa shape index (κ3) is 5.05. The Morgan fingerprint density at radius 1 is 1.11 bits per heavy atom. The molecule has 0 aromatic heterocycles. The van der Waals surface area contributed by atoms with Gasteiger partial charge >= 0.3 is 5.97 Å². The van der Waals surface area contributed by atoms with Gasteiger partial charge in [-0.3, -0.25) is 4.79 Å². The molecule has 1 unspecified atom stereocenters. The number of hydrogen-bond acceptors (Lipinski definition) is 4. The molecule has 0 spiro atoms. The summed E-state index contributed by atoms with van der Waals surface area (Å²) in [5.41, 5.74) is 2.82. The number of esters is 1. The van der Waals surface area contributed by atoms with Gasteiger partial charge in [0.1, 0.15) is 0 Å². The van der Waals surface area contributed by atoms with Gasteiger partial charge in [0.05, 0.1) is 19.2 Å². The Morgan fingerprint density at radius 3 is 2.37 bits per heavy atom. The molecule has 2 aromatic rings. The topological polar surface area (TPSA) is 58.6 Å².